The number of nitrogens with zero attached hydrogens (tertiary/aromatic N) is 3. The highest BCUT2D eigenvalue weighted by Crippen LogP contribution is 2.34. The molecule has 2 aromatic carbocycles. The van der Waals surface area contributed by atoms with Crippen LogP contribution < -0.4 is 10.6 Å². The van der Waals surface area contributed by atoms with Crippen molar-refractivity contribution in [3.05, 3.63) is 75.3 Å². The smallest absolute Gasteiger partial charge is 0.334 e. The van der Waals surface area contributed by atoms with E-state index in [1.807, 2.05) is 6.92 Å². The maximum atomic E-state index is 13.8. The van der Waals surface area contributed by atoms with Crippen LogP contribution in [-0.4, -0.2) is 14.9 Å². The molecule has 0 aliphatic carbocycles. The normalized spacial score (nSPS) is 10.4. The van der Waals surface area contributed by atoms with Crippen LogP contribution in [0.3, 0.4) is 0 Å². The number of para-hydroxylation sites is 1. The quantitative estimate of drug-likeness (QED) is 0.484. The summed E-state index contributed by atoms with van der Waals surface area (Å²) >= 11 is 5.98. The van der Waals surface area contributed by atoms with Crippen LogP contribution in [0.1, 0.15) is 5.56 Å². The molecule has 0 bridgehead atoms. The molecule has 1 aromatic heterocycles. The average molecular weight is 374 g/mol. The maximum Gasteiger partial charge on any atom is 0.353 e. The first kappa shape index (κ1) is 17.6. The summed E-state index contributed by atoms with van der Waals surface area (Å²) in [6.45, 7) is 1.82. The summed E-state index contributed by atoms with van der Waals surface area (Å²) in [4.78, 5) is 18.8. The molecule has 0 unspecified atom stereocenters. The van der Waals surface area contributed by atoms with Crippen molar-refractivity contribution in [2.24, 2.45) is 0 Å². The van der Waals surface area contributed by atoms with Gasteiger partial charge in [0, 0.05) is 10.7 Å². The highest BCUT2D eigenvalue weighted by atomic mass is 35.5. The van der Waals surface area contributed by atoms with Crippen molar-refractivity contribution in [3.63, 3.8) is 0 Å². The fourth-order valence-corrected chi connectivity index (χ4v) is 2.45. The van der Waals surface area contributed by atoms with Crippen molar-refractivity contribution in [3.8, 4) is 0 Å². The lowest BCUT2D eigenvalue weighted by molar-refractivity contribution is -0.383. The minimum absolute atomic E-state index is 0.0331. The number of aromatic nitrogens is 2. The number of nitro groups is 1. The first-order valence-corrected chi connectivity index (χ1v) is 7.87. The van der Waals surface area contributed by atoms with E-state index in [2.05, 4.69) is 20.6 Å². The highest BCUT2D eigenvalue weighted by Gasteiger charge is 2.24. The molecule has 0 saturated carbocycles. The standard InChI is InChI=1S/C17H13ClFN5O2/c1-10-6-7-11(18)8-14(10)23-17-15(24(25)26)16(20-9-21-17)22-13-5-3-2-4-12(13)19/h2-9H,1H3,(H2,20,21,22,23). The van der Waals surface area contributed by atoms with Crippen LogP contribution in [-0.2, 0) is 0 Å². The van der Waals surface area contributed by atoms with Crippen molar-refractivity contribution in [2.75, 3.05) is 10.6 Å². The molecule has 0 saturated heterocycles. The third-order valence-electron chi connectivity index (χ3n) is 3.58. The SMILES string of the molecule is Cc1ccc(Cl)cc1Nc1ncnc(Nc2ccccc2F)c1[N+](=O)[O-]. The molecule has 0 aliphatic heterocycles. The number of hydrogen-bond donors (Lipinski definition) is 2. The topological polar surface area (TPSA) is 93.0 Å². The Morgan fingerprint density at radius 1 is 1.08 bits per heavy atom. The molecule has 132 valence electrons. The third kappa shape index (κ3) is 3.70. The van der Waals surface area contributed by atoms with E-state index in [9.17, 15) is 14.5 Å². The number of benzene rings is 2. The molecule has 0 radical (unpaired) electrons. The second-order valence-corrected chi connectivity index (χ2v) is 5.80. The van der Waals surface area contributed by atoms with Gasteiger partial charge in [0.15, 0.2) is 0 Å². The molecule has 0 spiro atoms. The van der Waals surface area contributed by atoms with E-state index in [1.165, 1.54) is 18.2 Å². The molecule has 0 aliphatic rings. The minimum Gasteiger partial charge on any atom is -0.334 e. The summed E-state index contributed by atoms with van der Waals surface area (Å²) in [5.41, 5.74) is 1.05. The lowest BCUT2D eigenvalue weighted by atomic mass is 10.2. The zero-order chi connectivity index (χ0) is 18.7. The number of anilines is 4. The van der Waals surface area contributed by atoms with Crippen LogP contribution in [0.4, 0.5) is 33.1 Å². The second kappa shape index (κ2) is 7.32. The fourth-order valence-electron chi connectivity index (χ4n) is 2.28. The minimum atomic E-state index is -0.634. The molecule has 1 heterocycles. The van der Waals surface area contributed by atoms with Crippen LogP contribution in [0, 0.1) is 22.9 Å². The molecular weight excluding hydrogens is 361 g/mol. The van der Waals surface area contributed by atoms with Gasteiger partial charge >= 0.3 is 5.69 Å². The average Bonchev–Trinajstić information content (AvgIpc) is 2.60. The number of nitrogens with one attached hydrogen (secondary N) is 2. The van der Waals surface area contributed by atoms with Gasteiger partial charge in [-0.25, -0.2) is 14.4 Å². The lowest BCUT2D eigenvalue weighted by Gasteiger charge is -2.12. The number of aryl methyl sites for hydroxylation is 1. The van der Waals surface area contributed by atoms with Gasteiger partial charge in [-0.15, -0.1) is 0 Å². The number of hydrogen-bond acceptors (Lipinski definition) is 6. The van der Waals surface area contributed by atoms with E-state index >= 15 is 0 Å². The van der Waals surface area contributed by atoms with Gasteiger partial charge in [-0.1, -0.05) is 29.8 Å². The Morgan fingerprint density at radius 3 is 2.38 bits per heavy atom. The molecular formula is C17H13ClFN5O2. The van der Waals surface area contributed by atoms with Crippen LogP contribution in [0.25, 0.3) is 0 Å². The fraction of sp³-hybridized carbons (Fsp3) is 0.0588. The van der Waals surface area contributed by atoms with Crippen molar-refractivity contribution < 1.29 is 9.31 Å². The van der Waals surface area contributed by atoms with Gasteiger partial charge in [0.05, 0.1) is 10.6 Å². The molecule has 26 heavy (non-hydrogen) atoms. The van der Waals surface area contributed by atoms with Crippen molar-refractivity contribution in [1.82, 2.24) is 9.97 Å². The Kier molecular flexibility index (Phi) is 4.94. The first-order valence-electron chi connectivity index (χ1n) is 7.50. The predicted molar refractivity (Wildman–Crippen MR) is 97.8 cm³/mol. The van der Waals surface area contributed by atoms with Crippen LogP contribution >= 0.6 is 11.6 Å². The molecule has 0 amide bonds. The van der Waals surface area contributed by atoms with E-state index in [-0.39, 0.29) is 17.3 Å². The Labute approximate surface area is 153 Å². The molecule has 7 nitrogen and oxygen atoms in total. The summed E-state index contributed by atoms with van der Waals surface area (Å²) in [7, 11) is 0. The Hall–Kier alpha value is -3.26. The van der Waals surface area contributed by atoms with Gasteiger partial charge in [0.2, 0.25) is 11.6 Å². The predicted octanol–water partition coefficient (Wildman–Crippen LogP) is 4.97. The molecule has 3 aromatic rings. The molecule has 3 rings (SSSR count). The van der Waals surface area contributed by atoms with Gasteiger partial charge < -0.3 is 10.6 Å². The summed E-state index contributed by atoms with van der Waals surface area (Å²) in [6.07, 6.45) is 1.15. The third-order valence-corrected chi connectivity index (χ3v) is 3.82. The van der Waals surface area contributed by atoms with Crippen molar-refractivity contribution in [1.29, 1.82) is 0 Å². The van der Waals surface area contributed by atoms with Gasteiger partial charge in [-0.05, 0) is 36.8 Å². The van der Waals surface area contributed by atoms with Gasteiger partial charge in [-0.3, -0.25) is 10.1 Å². The molecule has 0 fully saturated rings. The monoisotopic (exact) mass is 373 g/mol. The molecule has 2 N–H and O–H groups in total. The van der Waals surface area contributed by atoms with Crippen LogP contribution in [0.15, 0.2) is 48.8 Å². The van der Waals surface area contributed by atoms with E-state index in [0.29, 0.717) is 10.7 Å². The second-order valence-electron chi connectivity index (χ2n) is 5.37. The van der Waals surface area contributed by atoms with Crippen molar-refractivity contribution in [2.45, 2.75) is 6.92 Å². The Bertz CT molecular complexity index is 983. The van der Waals surface area contributed by atoms with Crippen molar-refractivity contribution >= 4 is 40.3 Å². The van der Waals surface area contributed by atoms with Crippen LogP contribution in [0.5, 0.6) is 0 Å². The largest absolute Gasteiger partial charge is 0.353 e. The van der Waals surface area contributed by atoms with E-state index < -0.39 is 16.4 Å². The zero-order valence-corrected chi connectivity index (χ0v) is 14.3. The number of rotatable bonds is 5. The Balaban J connectivity index is 2.03. The number of halogens is 2. The zero-order valence-electron chi connectivity index (χ0n) is 13.5. The van der Waals surface area contributed by atoms with Gasteiger partial charge in [0.1, 0.15) is 12.1 Å². The highest BCUT2D eigenvalue weighted by molar-refractivity contribution is 6.30. The summed E-state index contributed by atoms with van der Waals surface area (Å²) in [5, 5.41) is 17.6. The van der Waals surface area contributed by atoms with Crippen LogP contribution in [0.2, 0.25) is 5.02 Å². The lowest BCUT2D eigenvalue weighted by Crippen LogP contribution is -2.06. The summed E-state index contributed by atoms with van der Waals surface area (Å²) in [5.74, 6) is -0.716. The molecule has 0 atom stereocenters. The molecule has 9 heteroatoms. The Morgan fingerprint density at radius 2 is 1.73 bits per heavy atom. The van der Waals surface area contributed by atoms with E-state index in [4.69, 9.17) is 11.6 Å². The van der Waals surface area contributed by atoms with E-state index in [1.54, 1.807) is 24.3 Å². The summed E-state index contributed by atoms with van der Waals surface area (Å²) in [6, 6.07) is 10.9. The first-order chi connectivity index (χ1) is 12.5. The summed E-state index contributed by atoms with van der Waals surface area (Å²) < 4.78 is 13.8. The van der Waals surface area contributed by atoms with E-state index in [0.717, 1.165) is 11.9 Å². The maximum absolute atomic E-state index is 13.8. The van der Waals surface area contributed by atoms with Gasteiger partial charge in [-0.2, -0.15) is 0 Å². The van der Waals surface area contributed by atoms with Gasteiger partial charge in [0.25, 0.3) is 0 Å².